The van der Waals surface area contributed by atoms with E-state index in [2.05, 4.69) is 19.9 Å². The normalized spacial score (nSPS) is 10.1. The van der Waals surface area contributed by atoms with Gasteiger partial charge < -0.3 is 10.7 Å². The number of nitrogens with two attached hydrogens (primary N) is 1. The van der Waals surface area contributed by atoms with Crippen LogP contribution in [0.2, 0.25) is 10.3 Å². The molecule has 11 heteroatoms. The molecule has 0 spiro atoms. The smallest absolute Gasteiger partial charge is 0.261 e. The standard InChI is InChI=1S/C7H4ClN3OS.C6H4Cl2N2O/c8-5-1-4-3(2-9-5)6(12)11-7(13)10-4;7-5-1-4(9)3(2-10-5)6(8)11/h1-2H,(H2,10,11,12,13);1-2H,(H2,9,10). The predicted molar refractivity (Wildman–Crippen MR) is 96.4 cm³/mol. The molecule has 0 aromatic carbocycles. The van der Waals surface area contributed by atoms with E-state index in [0.29, 0.717) is 16.1 Å². The quantitative estimate of drug-likeness (QED) is 0.325. The van der Waals surface area contributed by atoms with Crippen molar-refractivity contribution in [3.8, 4) is 0 Å². The zero-order valence-corrected chi connectivity index (χ0v) is 14.7. The average Bonchev–Trinajstić information content (AvgIpc) is 2.46. The Morgan fingerprint density at radius 1 is 1.12 bits per heavy atom. The highest BCUT2D eigenvalue weighted by atomic mass is 35.5. The maximum Gasteiger partial charge on any atom is 0.261 e. The van der Waals surface area contributed by atoms with Crippen molar-refractivity contribution < 1.29 is 4.79 Å². The van der Waals surface area contributed by atoms with Gasteiger partial charge in [0.1, 0.15) is 10.3 Å². The summed E-state index contributed by atoms with van der Waals surface area (Å²) < 4.78 is 0.278. The Labute approximate surface area is 154 Å². The van der Waals surface area contributed by atoms with Crippen LogP contribution in [0.15, 0.2) is 29.3 Å². The molecule has 3 aromatic rings. The number of aromatic amines is 2. The summed E-state index contributed by atoms with van der Waals surface area (Å²) in [5.41, 5.74) is 6.14. The predicted octanol–water partition coefficient (Wildman–Crippen LogP) is 3.33. The van der Waals surface area contributed by atoms with Crippen LogP contribution in [0.4, 0.5) is 5.69 Å². The summed E-state index contributed by atoms with van der Waals surface area (Å²) in [6.45, 7) is 0. The Kier molecular flexibility index (Phi) is 5.89. The summed E-state index contributed by atoms with van der Waals surface area (Å²) in [4.78, 5) is 34.6. The molecule has 3 rings (SSSR count). The largest absolute Gasteiger partial charge is 0.398 e. The molecular weight excluding hydrogens is 397 g/mol. The number of hydrogen-bond acceptors (Lipinski definition) is 6. The molecule has 0 atom stereocenters. The van der Waals surface area contributed by atoms with E-state index in [-0.39, 0.29) is 26.7 Å². The van der Waals surface area contributed by atoms with Crippen molar-refractivity contribution in [2.24, 2.45) is 0 Å². The lowest BCUT2D eigenvalue weighted by molar-refractivity contribution is 0.108. The van der Waals surface area contributed by atoms with Gasteiger partial charge in [0.05, 0.1) is 16.5 Å². The number of H-pyrrole nitrogens is 2. The molecule has 24 heavy (non-hydrogen) atoms. The molecule has 3 aromatic heterocycles. The minimum atomic E-state index is -0.633. The number of carbonyl (C=O) groups excluding carboxylic acids is 1. The van der Waals surface area contributed by atoms with E-state index in [1.165, 1.54) is 18.5 Å². The van der Waals surface area contributed by atoms with Gasteiger partial charge in [-0.2, -0.15) is 0 Å². The molecular formula is C13H8Cl3N5O2S. The second-order valence-corrected chi connectivity index (χ2v) is 5.85. The zero-order chi connectivity index (χ0) is 17.9. The molecule has 0 radical (unpaired) electrons. The van der Waals surface area contributed by atoms with Crippen molar-refractivity contribution in [1.29, 1.82) is 0 Å². The topological polar surface area (TPSA) is 118 Å². The first-order chi connectivity index (χ1) is 11.3. The van der Waals surface area contributed by atoms with Crippen LogP contribution in [0.25, 0.3) is 10.9 Å². The van der Waals surface area contributed by atoms with E-state index in [9.17, 15) is 9.59 Å². The molecule has 0 aliphatic carbocycles. The third kappa shape index (κ3) is 4.51. The Balaban J connectivity index is 0.000000177. The summed E-state index contributed by atoms with van der Waals surface area (Å²) in [6, 6.07) is 2.93. The molecule has 0 aliphatic heterocycles. The Morgan fingerprint density at radius 2 is 1.75 bits per heavy atom. The molecule has 0 bridgehead atoms. The maximum atomic E-state index is 11.3. The zero-order valence-electron chi connectivity index (χ0n) is 11.6. The lowest BCUT2D eigenvalue weighted by atomic mass is 10.3. The van der Waals surface area contributed by atoms with Gasteiger partial charge in [0.2, 0.25) is 0 Å². The average molecular weight is 405 g/mol. The van der Waals surface area contributed by atoms with Crippen LogP contribution in [0, 0.1) is 4.77 Å². The van der Waals surface area contributed by atoms with Crippen molar-refractivity contribution in [1.82, 2.24) is 19.9 Å². The van der Waals surface area contributed by atoms with Gasteiger partial charge in [-0.05, 0) is 36.0 Å². The van der Waals surface area contributed by atoms with E-state index < -0.39 is 5.24 Å². The highest BCUT2D eigenvalue weighted by Gasteiger charge is 2.06. The summed E-state index contributed by atoms with van der Waals surface area (Å²) in [5.74, 6) is 0. The van der Waals surface area contributed by atoms with Crippen LogP contribution >= 0.6 is 47.0 Å². The molecule has 0 fully saturated rings. The molecule has 7 nitrogen and oxygen atoms in total. The van der Waals surface area contributed by atoms with Crippen LogP contribution in [-0.2, 0) is 0 Å². The summed E-state index contributed by atoms with van der Waals surface area (Å²) in [5, 5.41) is 0.373. The molecule has 3 heterocycles. The van der Waals surface area contributed by atoms with E-state index in [0.717, 1.165) is 0 Å². The van der Waals surface area contributed by atoms with Gasteiger partial charge in [-0.3, -0.25) is 14.6 Å². The Morgan fingerprint density at radius 3 is 2.38 bits per heavy atom. The van der Waals surface area contributed by atoms with E-state index in [1.807, 2.05) is 0 Å². The van der Waals surface area contributed by atoms with Crippen LogP contribution in [0.3, 0.4) is 0 Å². The number of aromatic nitrogens is 4. The van der Waals surface area contributed by atoms with Crippen LogP contribution < -0.4 is 11.3 Å². The van der Waals surface area contributed by atoms with Crippen LogP contribution in [0.1, 0.15) is 10.4 Å². The van der Waals surface area contributed by atoms with Gasteiger partial charge in [-0.15, -0.1) is 0 Å². The lowest BCUT2D eigenvalue weighted by Crippen LogP contribution is -2.07. The molecule has 124 valence electrons. The first-order valence-corrected chi connectivity index (χ1v) is 7.71. The number of pyridine rings is 2. The number of fused-ring (bicyclic) bond motifs is 1. The number of nitrogen functional groups attached to an aromatic ring is 1. The maximum absolute atomic E-state index is 11.3. The summed E-state index contributed by atoms with van der Waals surface area (Å²) in [7, 11) is 0. The van der Waals surface area contributed by atoms with Crippen molar-refractivity contribution >= 4 is 68.9 Å². The minimum Gasteiger partial charge on any atom is -0.398 e. The van der Waals surface area contributed by atoms with Crippen molar-refractivity contribution in [3.63, 3.8) is 0 Å². The number of rotatable bonds is 1. The fraction of sp³-hybridized carbons (Fsp3) is 0. The molecule has 0 saturated carbocycles. The van der Waals surface area contributed by atoms with E-state index >= 15 is 0 Å². The third-order valence-electron chi connectivity index (χ3n) is 2.70. The SMILES string of the molecule is Nc1cc(Cl)ncc1C(=O)Cl.O=c1[nH]c(=S)[nH]c2cc(Cl)ncc12. The second kappa shape index (κ2) is 7.71. The monoisotopic (exact) mass is 403 g/mol. The van der Waals surface area contributed by atoms with Gasteiger partial charge in [-0.25, -0.2) is 9.97 Å². The number of nitrogens with one attached hydrogen (secondary N) is 2. The van der Waals surface area contributed by atoms with E-state index in [1.54, 1.807) is 6.07 Å². The number of nitrogens with zero attached hydrogens (tertiary/aromatic N) is 2. The summed E-state index contributed by atoms with van der Waals surface area (Å²) >= 11 is 21.1. The Hall–Kier alpha value is -2.00. The molecule has 0 aliphatic rings. The second-order valence-electron chi connectivity index (χ2n) is 4.33. The van der Waals surface area contributed by atoms with Gasteiger partial charge in [0, 0.05) is 18.1 Å². The van der Waals surface area contributed by atoms with Gasteiger partial charge in [0.25, 0.3) is 10.8 Å². The van der Waals surface area contributed by atoms with Crippen molar-refractivity contribution in [3.05, 3.63) is 55.5 Å². The third-order valence-corrected chi connectivity index (χ3v) is 3.53. The summed E-state index contributed by atoms with van der Waals surface area (Å²) in [6.07, 6.45) is 2.65. The van der Waals surface area contributed by atoms with Crippen molar-refractivity contribution in [2.75, 3.05) is 5.73 Å². The highest BCUT2D eigenvalue weighted by molar-refractivity contribution is 7.71. The molecule has 0 saturated heterocycles. The number of hydrogen-bond donors (Lipinski definition) is 3. The number of carbonyl (C=O) groups is 1. The molecule has 0 amide bonds. The lowest BCUT2D eigenvalue weighted by Gasteiger charge is -1.98. The molecule has 0 unspecified atom stereocenters. The minimum absolute atomic E-state index is 0.177. The van der Waals surface area contributed by atoms with Gasteiger partial charge in [-0.1, -0.05) is 23.2 Å². The van der Waals surface area contributed by atoms with Gasteiger partial charge >= 0.3 is 0 Å². The first kappa shape index (κ1) is 18.3. The van der Waals surface area contributed by atoms with Crippen molar-refractivity contribution in [2.45, 2.75) is 0 Å². The molecule has 4 N–H and O–H groups in total. The first-order valence-electron chi connectivity index (χ1n) is 6.16. The Bertz CT molecular complexity index is 1030. The van der Waals surface area contributed by atoms with Gasteiger partial charge in [0.15, 0.2) is 4.77 Å². The van der Waals surface area contributed by atoms with Crippen LogP contribution in [-0.4, -0.2) is 25.2 Å². The fourth-order valence-corrected chi connectivity index (χ4v) is 2.33. The number of halogens is 3. The van der Waals surface area contributed by atoms with E-state index in [4.69, 9.17) is 52.8 Å². The number of anilines is 1. The van der Waals surface area contributed by atoms with Crippen LogP contribution in [0.5, 0.6) is 0 Å². The fourth-order valence-electron chi connectivity index (χ4n) is 1.65. The highest BCUT2D eigenvalue weighted by Crippen LogP contribution is 2.16.